The molecule has 16 heavy (non-hydrogen) atoms. The average molecular weight is 288 g/mol. The molecule has 0 spiro atoms. The Morgan fingerprint density at radius 2 is 1.88 bits per heavy atom. The second-order valence-electron chi connectivity index (χ2n) is 3.80. The zero-order chi connectivity index (χ0) is 12.3. The molecule has 0 aliphatic carbocycles. The van der Waals surface area contributed by atoms with Gasteiger partial charge >= 0.3 is 0 Å². The number of rotatable bonds is 4. The van der Waals surface area contributed by atoms with Crippen LogP contribution >= 0.6 is 15.9 Å². The third kappa shape index (κ3) is 2.33. The summed E-state index contributed by atoms with van der Waals surface area (Å²) in [6.07, 6.45) is 0. The monoisotopic (exact) mass is 287 g/mol. The highest BCUT2D eigenvalue weighted by atomic mass is 79.9. The molecule has 1 aromatic carbocycles. The molecule has 0 heterocycles. The van der Waals surface area contributed by atoms with E-state index in [1.165, 1.54) is 0 Å². The highest BCUT2D eigenvalue weighted by molar-refractivity contribution is 9.10. The minimum atomic E-state index is 0.260. The summed E-state index contributed by atoms with van der Waals surface area (Å²) < 4.78 is 11.6. The predicted octanol–water partition coefficient (Wildman–Crippen LogP) is 2.84. The van der Waals surface area contributed by atoms with E-state index in [9.17, 15) is 0 Å². The summed E-state index contributed by atoms with van der Waals surface area (Å²) in [4.78, 5) is 0. The SMILES string of the molecule is COc1c(C)cc(C(C)CN)c(OC)c1Br. The molecule has 0 saturated carbocycles. The molecule has 0 radical (unpaired) electrons. The van der Waals surface area contributed by atoms with Crippen LogP contribution in [0.2, 0.25) is 0 Å². The van der Waals surface area contributed by atoms with Gasteiger partial charge < -0.3 is 15.2 Å². The summed E-state index contributed by atoms with van der Waals surface area (Å²) in [6.45, 7) is 4.68. The Bertz CT molecular complexity index is 380. The summed E-state index contributed by atoms with van der Waals surface area (Å²) in [7, 11) is 3.31. The maximum absolute atomic E-state index is 5.70. The molecule has 0 aromatic heterocycles. The quantitative estimate of drug-likeness (QED) is 0.926. The fourth-order valence-electron chi connectivity index (χ4n) is 1.72. The van der Waals surface area contributed by atoms with E-state index in [4.69, 9.17) is 15.2 Å². The normalized spacial score (nSPS) is 12.4. The van der Waals surface area contributed by atoms with Crippen molar-refractivity contribution in [1.29, 1.82) is 0 Å². The van der Waals surface area contributed by atoms with Gasteiger partial charge in [0.15, 0.2) is 0 Å². The molecule has 0 amide bonds. The number of hydrogen-bond donors (Lipinski definition) is 1. The lowest BCUT2D eigenvalue weighted by Crippen LogP contribution is -2.11. The number of hydrogen-bond acceptors (Lipinski definition) is 3. The van der Waals surface area contributed by atoms with Crippen molar-refractivity contribution in [2.24, 2.45) is 5.73 Å². The van der Waals surface area contributed by atoms with E-state index in [2.05, 4.69) is 28.9 Å². The number of ether oxygens (including phenoxy) is 2. The molecular formula is C12H18BrNO2. The molecular weight excluding hydrogens is 270 g/mol. The Kier molecular flexibility index (Phi) is 4.62. The van der Waals surface area contributed by atoms with Crippen LogP contribution in [0.3, 0.4) is 0 Å². The van der Waals surface area contributed by atoms with E-state index in [0.717, 1.165) is 27.1 Å². The summed E-state index contributed by atoms with van der Waals surface area (Å²) in [5.74, 6) is 1.88. The predicted molar refractivity (Wildman–Crippen MR) is 69.5 cm³/mol. The number of methoxy groups -OCH3 is 2. The largest absolute Gasteiger partial charge is 0.495 e. The van der Waals surface area contributed by atoms with Gasteiger partial charge in [0.25, 0.3) is 0 Å². The Morgan fingerprint density at radius 1 is 1.31 bits per heavy atom. The number of nitrogens with two attached hydrogens (primary N) is 1. The third-order valence-electron chi connectivity index (χ3n) is 2.68. The van der Waals surface area contributed by atoms with E-state index in [-0.39, 0.29) is 5.92 Å². The molecule has 1 unspecified atom stereocenters. The number of aryl methyl sites for hydroxylation is 1. The summed E-state index contributed by atoms with van der Waals surface area (Å²) in [5.41, 5.74) is 7.88. The van der Waals surface area contributed by atoms with E-state index in [0.29, 0.717) is 6.54 Å². The van der Waals surface area contributed by atoms with Crippen molar-refractivity contribution < 1.29 is 9.47 Å². The van der Waals surface area contributed by atoms with Crippen molar-refractivity contribution in [3.63, 3.8) is 0 Å². The van der Waals surface area contributed by atoms with E-state index >= 15 is 0 Å². The zero-order valence-corrected chi connectivity index (χ0v) is 11.7. The highest BCUT2D eigenvalue weighted by Gasteiger charge is 2.18. The fourth-order valence-corrected chi connectivity index (χ4v) is 2.58. The topological polar surface area (TPSA) is 44.5 Å². The van der Waals surface area contributed by atoms with Crippen LogP contribution in [0, 0.1) is 6.92 Å². The summed E-state index contributed by atoms with van der Waals surface area (Å²) in [5, 5.41) is 0. The Labute approximate surface area is 105 Å². The number of halogens is 1. The van der Waals surface area contributed by atoms with E-state index < -0.39 is 0 Å². The van der Waals surface area contributed by atoms with Crippen LogP contribution in [0.1, 0.15) is 24.0 Å². The van der Waals surface area contributed by atoms with Crippen LogP contribution in [0.15, 0.2) is 10.5 Å². The van der Waals surface area contributed by atoms with Gasteiger partial charge in [0.2, 0.25) is 0 Å². The van der Waals surface area contributed by atoms with Gasteiger partial charge in [0.05, 0.1) is 14.2 Å². The van der Waals surface area contributed by atoms with Gasteiger partial charge in [-0.1, -0.05) is 6.92 Å². The van der Waals surface area contributed by atoms with Gasteiger partial charge in [0, 0.05) is 0 Å². The third-order valence-corrected chi connectivity index (χ3v) is 3.40. The van der Waals surface area contributed by atoms with Crippen molar-refractivity contribution >= 4 is 15.9 Å². The van der Waals surface area contributed by atoms with Crippen LogP contribution in [0.5, 0.6) is 11.5 Å². The molecule has 4 heteroatoms. The first-order valence-electron chi connectivity index (χ1n) is 5.17. The first-order chi connectivity index (χ1) is 7.56. The lowest BCUT2D eigenvalue weighted by atomic mass is 9.98. The molecule has 1 rings (SSSR count). The van der Waals surface area contributed by atoms with Crippen LogP contribution in [-0.4, -0.2) is 20.8 Å². The molecule has 1 aromatic rings. The van der Waals surface area contributed by atoms with Crippen molar-refractivity contribution in [2.45, 2.75) is 19.8 Å². The van der Waals surface area contributed by atoms with Crippen LogP contribution in [0.4, 0.5) is 0 Å². The summed E-state index contributed by atoms with van der Waals surface area (Å²) >= 11 is 3.51. The van der Waals surface area contributed by atoms with Gasteiger partial charge in [-0.05, 0) is 52.5 Å². The van der Waals surface area contributed by atoms with Crippen LogP contribution in [0.25, 0.3) is 0 Å². The van der Waals surface area contributed by atoms with Gasteiger partial charge in [-0.15, -0.1) is 0 Å². The Balaban J connectivity index is 3.40. The maximum Gasteiger partial charge on any atom is 0.140 e. The smallest absolute Gasteiger partial charge is 0.140 e. The van der Waals surface area contributed by atoms with Crippen molar-refractivity contribution in [1.82, 2.24) is 0 Å². The molecule has 0 bridgehead atoms. The lowest BCUT2D eigenvalue weighted by molar-refractivity contribution is 0.382. The molecule has 0 fully saturated rings. The van der Waals surface area contributed by atoms with E-state index in [1.807, 2.05) is 6.92 Å². The van der Waals surface area contributed by atoms with Crippen LogP contribution < -0.4 is 15.2 Å². The lowest BCUT2D eigenvalue weighted by Gasteiger charge is -2.19. The van der Waals surface area contributed by atoms with Crippen LogP contribution in [-0.2, 0) is 0 Å². The van der Waals surface area contributed by atoms with Crippen molar-refractivity contribution in [2.75, 3.05) is 20.8 Å². The average Bonchev–Trinajstić information content (AvgIpc) is 2.28. The minimum Gasteiger partial charge on any atom is -0.495 e. The van der Waals surface area contributed by atoms with Gasteiger partial charge in [0.1, 0.15) is 16.0 Å². The van der Waals surface area contributed by atoms with Gasteiger partial charge in [-0.3, -0.25) is 0 Å². The second kappa shape index (κ2) is 5.55. The zero-order valence-electron chi connectivity index (χ0n) is 10.1. The molecule has 0 saturated heterocycles. The minimum absolute atomic E-state index is 0.260. The standard InChI is InChI=1S/C12H18BrNO2/c1-7-5-9(8(2)6-14)12(16-4)10(13)11(7)15-3/h5,8H,6,14H2,1-4H3. The van der Waals surface area contributed by atoms with E-state index in [1.54, 1.807) is 14.2 Å². The number of benzene rings is 1. The first kappa shape index (κ1) is 13.3. The van der Waals surface area contributed by atoms with Crippen molar-refractivity contribution in [3.8, 4) is 11.5 Å². The molecule has 1 atom stereocenters. The second-order valence-corrected chi connectivity index (χ2v) is 4.59. The summed E-state index contributed by atoms with van der Waals surface area (Å²) in [6, 6.07) is 2.07. The molecule has 2 N–H and O–H groups in total. The molecule has 0 aliphatic heterocycles. The van der Waals surface area contributed by atoms with Crippen molar-refractivity contribution in [3.05, 3.63) is 21.7 Å². The fraction of sp³-hybridized carbons (Fsp3) is 0.500. The first-order valence-corrected chi connectivity index (χ1v) is 5.97. The molecule has 90 valence electrons. The highest BCUT2D eigenvalue weighted by Crippen LogP contribution is 2.42. The van der Waals surface area contributed by atoms with Gasteiger partial charge in [-0.2, -0.15) is 0 Å². The molecule has 0 aliphatic rings. The maximum atomic E-state index is 5.70. The Hall–Kier alpha value is -0.740. The molecule has 3 nitrogen and oxygen atoms in total. The Morgan fingerprint density at radius 3 is 2.31 bits per heavy atom. The van der Waals surface area contributed by atoms with Gasteiger partial charge in [-0.25, -0.2) is 0 Å².